The maximum atomic E-state index is 2.33. The monoisotopic (exact) mass is 310 g/mol. The second-order valence-electron chi connectivity index (χ2n) is 4.06. The number of hydrogen-bond donors (Lipinski definition) is 0. The Morgan fingerprint density at radius 1 is 0.714 bits per heavy atom. The normalized spacial score (nSPS) is 10.3. The van der Waals surface area contributed by atoms with Crippen molar-refractivity contribution in [1.29, 1.82) is 0 Å². The SMILES string of the molecule is CCC[CH2][Sn]([CH2]CCC)[CH2]CCC.O.[H+]. The number of rotatable bonds is 9. The van der Waals surface area contributed by atoms with Crippen LogP contribution in [0.2, 0.25) is 13.3 Å². The molecule has 0 aromatic rings. The Bertz CT molecular complexity index is 82.6. The van der Waals surface area contributed by atoms with E-state index in [1.165, 1.54) is 38.5 Å². The Kier molecular flexibility index (Phi) is 16.9. The zero-order valence-electron chi connectivity index (χ0n) is 11.4. The van der Waals surface area contributed by atoms with Gasteiger partial charge in [0.1, 0.15) is 0 Å². The molecule has 0 aliphatic carbocycles. The van der Waals surface area contributed by atoms with Crippen LogP contribution in [0.5, 0.6) is 0 Å². The van der Waals surface area contributed by atoms with Gasteiger partial charge in [0.2, 0.25) is 0 Å². The van der Waals surface area contributed by atoms with E-state index in [1.807, 2.05) is 0 Å². The van der Waals surface area contributed by atoms with E-state index in [0.717, 1.165) is 0 Å². The van der Waals surface area contributed by atoms with Crippen molar-refractivity contribution in [2.75, 3.05) is 0 Å². The summed E-state index contributed by atoms with van der Waals surface area (Å²) in [5.41, 5.74) is 0. The molecule has 0 rings (SSSR count). The largest absolute Gasteiger partial charge is 1.00 e. The van der Waals surface area contributed by atoms with Crippen molar-refractivity contribution in [3.8, 4) is 0 Å². The van der Waals surface area contributed by atoms with Crippen molar-refractivity contribution in [3.63, 3.8) is 0 Å². The molecule has 0 amide bonds. The van der Waals surface area contributed by atoms with E-state index < -0.39 is 19.8 Å². The molecular formula is C12H30OSn+. The van der Waals surface area contributed by atoms with Crippen molar-refractivity contribution in [2.24, 2.45) is 0 Å². The first-order chi connectivity index (χ1) is 6.35. The van der Waals surface area contributed by atoms with Gasteiger partial charge in [0, 0.05) is 0 Å². The molecule has 2 N–H and O–H groups in total. The van der Waals surface area contributed by atoms with Crippen LogP contribution in [0, 0.1) is 0 Å². The standard InChI is InChI=1S/3C4H9.H2O.Sn/c3*1-3-4-2;;/h3*1,3-4H2,2H3;1H2;/p+1. The van der Waals surface area contributed by atoms with Gasteiger partial charge in [-0.05, 0) is 0 Å². The summed E-state index contributed by atoms with van der Waals surface area (Å²) in [5, 5.41) is 0. The van der Waals surface area contributed by atoms with Crippen molar-refractivity contribution < 1.29 is 6.90 Å². The molecule has 0 saturated heterocycles. The third-order valence-electron chi connectivity index (χ3n) is 2.65. The van der Waals surface area contributed by atoms with Crippen molar-refractivity contribution in [3.05, 3.63) is 0 Å². The van der Waals surface area contributed by atoms with E-state index >= 15 is 0 Å². The summed E-state index contributed by atoms with van der Waals surface area (Å²) in [6, 6.07) is 0. The van der Waals surface area contributed by atoms with E-state index in [0.29, 0.717) is 0 Å². The van der Waals surface area contributed by atoms with Gasteiger partial charge in [0.05, 0.1) is 0 Å². The van der Waals surface area contributed by atoms with Crippen LogP contribution in [-0.4, -0.2) is 25.2 Å². The maximum Gasteiger partial charge on any atom is 1.00 e. The van der Waals surface area contributed by atoms with Gasteiger partial charge in [-0.15, -0.1) is 0 Å². The minimum Gasteiger partial charge on any atom is -0.412 e. The summed E-state index contributed by atoms with van der Waals surface area (Å²) >= 11 is -0.839. The van der Waals surface area contributed by atoms with Crippen LogP contribution < -0.4 is 0 Å². The summed E-state index contributed by atoms with van der Waals surface area (Å²) in [7, 11) is 0. The van der Waals surface area contributed by atoms with Crippen LogP contribution in [0.1, 0.15) is 60.7 Å². The molecule has 87 valence electrons. The van der Waals surface area contributed by atoms with Crippen LogP contribution in [0.15, 0.2) is 0 Å². The fraction of sp³-hybridized carbons (Fsp3) is 1.00. The Hall–Kier alpha value is 0.759. The minimum atomic E-state index is -0.839. The Balaban J connectivity index is -0.000000720. The third kappa shape index (κ3) is 10.8. The molecule has 0 fully saturated rings. The van der Waals surface area contributed by atoms with Crippen LogP contribution in [0.25, 0.3) is 0 Å². The van der Waals surface area contributed by atoms with Gasteiger partial charge >= 0.3 is 93.8 Å². The predicted molar refractivity (Wildman–Crippen MR) is 69.6 cm³/mol. The first kappa shape index (κ1) is 17.2. The van der Waals surface area contributed by atoms with Crippen molar-refractivity contribution >= 4 is 19.8 Å². The molecule has 0 aliphatic rings. The van der Waals surface area contributed by atoms with Gasteiger partial charge in [-0.3, -0.25) is 0 Å². The second-order valence-corrected chi connectivity index (χ2v) is 12.6. The molecule has 1 nitrogen and oxygen atoms in total. The van der Waals surface area contributed by atoms with E-state index in [4.69, 9.17) is 0 Å². The van der Waals surface area contributed by atoms with Crippen LogP contribution in [-0.2, 0) is 0 Å². The molecular weight excluding hydrogens is 279 g/mol. The first-order valence-electron chi connectivity index (χ1n) is 6.18. The summed E-state index contributed by atoms with van der Waals surface area (Å²) < 4.78 is 5.04. The molecule has 0 bridgehead atoms. The van der Waals surface area contributed by atoms with Gasteiger partial charge in [0.25, 0.3) is 0 Å². The molecule has 14 heavy (non-hydrogen) atoms. The second kappa shape index (κ2) is 13.8. The Labute approximate surface area is 99.2 Å². The van der Waals surface area contributed by atoms with E-state index in [-0.39, 0.29) is 6.90 Å². The average molecular weight is 309 g/mol. The fourth-order valence-corrected chi connectivity index (χ4v) is 11.1. The Morgan fingerprint density at radius 2 is 1.00 bits per heavy atom. The molecule has 0 heterocycles. The van der Waals surface area contributed by atoms with Gasteiger partial charge in [-0.25, -0.2) is 0 Å². The molecule has 0 saturated carbocycles. The summed E-state index contributed by atoms with van der Waals surface area (Å²) in [4.78, 5) is 0. The van der Waals surface area contributed by atoms with Crippen LogP contribution in [0.4, 0.5) is 0 Å². The fourth-order valence-electron chi connectivity index (χ4n) is 1.66. The topological polar surface area (TPSA) is 31.5 Å². The smallest absolute Gasteiger partial charge is 0.412 e. The summed E-state index contributed by atoms with van der Waals surface area (Å²) in [6.45, 7) is 7.00. The van der Waals surface area contributed by atoms with Gasteiger partial charge in [-0.2, -0.15) is 0 Å². The van der Waals surface area contributed by atoms with E-state index in [2.05, 4.69) is 20.8 Å². The average Bonchev–Trinajstić information content (AvgIpc) is 2.17. The minimum absolute atomic E-state index is 0. The molecule has 0 aromatic carbocycles. The zero-order valence-corrected chi connectivity index (χ0v) is 13.2. The van der Waals surface area contributed by atoms with E-state index in [1.54, 1.807) is 13.3 Å². The predicted octanol–water partition coefficient (Wildman–Crippen LogP) is 4.17. The van der Waals surface area contributed by atoms with Crippen molar-refractivity contribution in [2.45, 2.75) is 72.6 Å². The molecule has 0 aliphatic heterocycles. The summed E-state index contributed by atoms with van der Waals surface area (Å²) in [5.74, 6) is 0. The quantitative estimate of drug-likeness (QED) is 0.573. The first-order valence-corrected chi connectivity index (χ1v) is 12.2. The van der Waals surface area contributed by atoms with Crippen molar-refractivity contribution in [1.82, 2.24) is 0 Å². The molecule has 2 heteroatoms. The maximum absolute atomic E-state index is 2.33. The molecule has 0 aromatic heterocycles. The van der Waals surface area contributed by atoms with Gasteiger partial charge < -0.3 is 5.48 Å². The number of unbranched alkanes of at least 4 members (excludes halogenated alkanes) is 3. The summed E-state index contributed by atoms with van der Waals surface area (Å²) in [6.07, 6.45) is 8.85. The molecule has 1 radical (unpaired) electrons. The molecule has 0 atom stereocenters. The Morgan fingerprint density at radius 3 is 1.21 bits per heavy atom. The van der Waals surface area contributed by atoms with Gasteiger partial charge in [0.15, 0.2) is 0 Å². The van der Waals surface area contributed by atoms with Gasteiger partial charge in [-0.1, -0.05) is 0 Å². The third-order valence-corrected chi connectivity index (χ3v) is 11.7. The molecule has 0 spiro atoms. The number of hydrogen-bond acceptors (Lipinski definition) is 0. The molecule has 0 unspecified atom stereocenters. The van der Waals surface area contributed by atoms with Crippen LogP contribution in [0.3, 0.4) is 0 Å². The van der Waals surface area contributed by atoms with Crippen LogP contribution >= 0.6 is 0 Å². The zero-order chi connectivity index (χ0) is 9.94. The van der Waals surface area contributed by atoms with E-state index in [9.17, 15) is 0 Å².